The lowest BCUT2D eigenvalue weighted by Gasteiger charge is -2.41. The molecule has 0 aromatic heterocycles. The third-order valence-electron chi connectivity index (χ3n) is 3.58. The van der Waals surface area contributed by atoms with Crippen molar-refractivity contribution in [2.24, 2.45) is 5.92 Å². The van der Waals surface area contributed by atoms with Gasteiger partial charge in [-0.15, -0.1) is 11.6 Å². The number of alkyl halides is 1. The molecule has 0 bridgehead atoms. The topological polar surface area (TPSA) is 27.7 Å². The highest BCUT2D eigenvalue weighted by atomic mass is 35.5. The number of halogens is 1. The van der Waals surface area contributed by atoms with E-state index in [4.69, 9.17) is 25.8 Å². The van der Waals surface area contributed by atoms with Crippen LogP contribution in [0.5, 0.6) is 0 Å². The third-order valence-corrected chi connectivity index (χ3v) is 4.01. The predicted octanol–water partition coefficient (Wildman–Crippen LogP) is 2.60. The normalized spacial score (nSPS) is 34.6. The Labute approximate surface area is 109 Å². The average molecular weight is 263 g/mol. The molecule has 1 heterocycles. The van der Waals surface area contributed by atoms with Crippen molar-refractivity contribution in [1.82, 2.24) is 0 Å². The van der Waals surface area contributed by atoms with Gasteiger partial charge in [0.15, 0.2) is 0 Å². The Hall–Kier alpha value is 0.170. The molecule has 1 saturated carbocycles. The van der Waals surface area contributed by atoms with Crippen LogP contribution in [0.25, 0.3) is 0 Å². The van der Waals surface area contributed by atoms with Gasteiger partial charge in [0.1, 0.15) is 6.10 Å². The Kier molecular flexibility index (Phi) is 5.54. The van der Waals surface area contributed by atoms with Crippen LogP contribution in [0.4, 0.5) is 0 Å². The predicted molar refractivity (Wildman–Crippen MR) is 67.6 cm³/mol. The second-order valence-corrected chi connectivity index (χ2v) is 5.58. The Bertz CT molecular complexity index is 219. The summed E-state index contributed by atoms with van der Waals surface area (Å²) in [5.74, 6) is 0.657. The van der Waals surface area contributed by atoms with Gasteiger partial charge >= 0.3 is 0 Å². The maximum absolute atomic E-state index is 6.14. The summed E-state index contributed by atoms with van der Waals surface area (Å²) < 4.78 is 17.0. The maximum atomic E-state index is 6.14. The van der Waals surface area contributed by atoms with Crippen LogP contribution in [0.15, 0.2) is 0 Å². The van der Waals surface area contributed by atoms with E-state index in [1.54, 1.807) is 0 Å². The third kappa shape index (κ3) is 3.82. The highest BCUT2D eigenvalue weighted by molar-refractivity contribution is 6.21. The van der Waals surface area contributed by atoms with Crippen LogP contribution in [0.3, 0.4) is 0 Å². The minimum Gasteiger partial charge on any atom is -0.381 e. The minimum absolute atomic E-state index is 0.108. The van der Waals surface area contributed by atoms with Gasteiger partial charge in [-0.1, -0.05) is 6.92 Å². The molecule has 17 heavy (non-hydrogen) atoms. The molecule has 0 radical (unpaired) electrons. The highest BCUT2D eigenvalue weighted by Crippen LogP contribution is 2.32. The zero-order valence-corrected chi connectivity index (χ0v) is 11.3. The van der Waals surface area contributed by atoms with Crippen molar-refractivity contribution in [3.05, 3.63) is 0 Å². The molecular weight excluding hydrogens is 240 g/mol. The van der Waals surface area contributed by atoms with E-state index in [1.807, 2.05) is 0 Å². The first-order valence-electron chi connectivity index (χ1n) is 6.76. The summed E-state index contributed by atoms with van der Waals surface area (Å²) in [4.78, 5) is 0. The van der Waals surface area contributed by atoms with Crippen LogP contribution in [0, 0.1) is 5.92 Å². The van der Waals surface area contributed by atoms with E-state index >= 15 is 0 Å². The standard InChI is InChI=1S/C13H23ClO3/c1-2-5-16-13-11(14)8-12(13)17-9-10-3-6-15-7-4-10/h10-13H,2-9H2,1H3. The van der Waals surface area contributed by atoms with E-state index in [0.29, 0.717) is 5.92 Å². The van der Waals surface area contributed by atoms with Crippen LogP contribution in [-0.2, 0) is 14.2 Å². The molecule has 0 aromatic rings. The Morgan fingerprint density at radius 1 is 1.24 bits per heavy atom. The molecule has 4 heteroatoms. The van der Waals surface area contributed by atoms with Crippen molar-refractivity contribution in [3.8, 4) is 0 Å². The van der Waals surface area contributed by atoms with Crippen molar-refractivity contribution >= 4 is 11.6 Å². The van der Waals surface area contributed by atoms with Gasteiger partial charge in [0.25, 0.3) is 0 Å². The molecule has 2 fully saturated rings. The fraction of sp³-hybridized carbons (Fsp3) is 1.00. The second kappa shape index (κ2) is 6.93. The summed E-state index contributed by atoms with van der Waals surface area (Å²) in [6.07, 6.45) is 4.53. The molecule has 3 atom stereocenters. The largest absolute Gasteiger partial charge is 0.381 e. The molecule has 1 aliphatic heterocycles. The average Bonchev–Trinajstić information content (AvgIpc) is 2.36. The van der Waals surface area contributed by atoms with Gasteiger partial charge in [0, 0.05) is 19.8 Å². The van der Waals surface area contributed by atoms with Crippen LogP contribution < -0.4 is 0 Å². The van der Waals surface area contributed by atoms with Crippen LogP contribution in [0.1, 0.15) is 32.6 Å². The molecule has 0 spiro atoms. The van der Waals surface area contributed by atoms with Gasteiger partial charge in [-0.05, 0) is 31.6 Å². The van der Waals surface area contributed by atoms with E-state index in [9.17, 15) is 0 Å². The number of hydrogen-bond acceptors (Lipinski definition) is 3. The summed E-state index contributed by atoms with van der Waals surface area (Å²) in [5.41, 5.74) is 0. The summed E-state index contributed by atoms with van der Waals surface area (Å²) in [7, 11) is 0. The molecule has 1 aliphatic carbocycles. The molecule has 2 aliphatic rings. The van der Waals surface area contributed by atoms with Crippen molar-refractivity contribution in [3.63, 3.8) is 0 Å². The number of rotatable bonds is 6. The Morgan fingerprint density at radius 3 is 2.65 bits per heavy atom. The Balaban J connectivity index is 1.64. The lowest BCUT2D eigenvalue weighted by molar-refractivity contribution is -0.134. The molecule has 100 valence electrons. The highest BCUT2D eigenvalue weighted by Gasteiger charge is 2.41. The van der Waals surface area contributed by atoms with E-state index in [2.05, 4.69) is 6.92 Å². The maximum Gasteiger partial charge on any atom is 0.100 e. The van der Waals surface area contributed by atoms with Gasteiger partial charge in [-0.3, -0.25) is 0 Å². The van der Waals surface area contributed by atoms with Gasteiger partial charge in [0.05, 0.1) is 18.1 Å². The van der Waals surface area contributed by atoms with Gasteiger partial charge in [0.2, 0.25) is 0 Å². The quantitative estimate of drug-likeness (QED) is 0.689. The number of hydrogen-bond donors (Lipinski definition) is 0. The summed E-state index contributed by atoms with van der Waals surface area (Å²) >= 11 is 6.14. The van der Waals surface area contributed by atoms with Gasteiger partial charge in [-0.2, -0.15) is 0 Å². The molecular formula is C13H23ClO3. The number of ether oxygens (including phenoxy) is 3. The summed E-state index contributed by atoms with van der Waals surface area (Å²) in [6.45, 7) is 5.49. The molecule has 3 nitrogen and oxygen atoms in total. The van der Waals surface area contributed by atoms with Crippen molar-refractivity contribution < 1.29 is 14.2 Å². The fourth-order valence-corrected chi connectivity index (χ4v) is 2.74. The Morgan fingerprint density at radius 2 is 2.00 bits per heavy atom. The lowest BCUT2D eigenvalue weighted by atomic mass is 9.90. The van der Waals surface area contributed by atoms with E-state index in [-0.39, 0.29) is 17.6 Å². The smallest absolute Gasteiger partial charge is 0.100 e. The molecule has 0 aromatic carbocycles. The van der Waals surface area contributed by atoms with E-state index in [1.165, 1.54) is 0 Å². The fourth-order valence-electron chi connectivity index (χ4n) is 2.33. The molecule has 0 N–H and O–H groups in total. The summed E-state index contributed by atoms with van der Waals surface area (Å²) in [6, 6.07) is 0. The van der Waals surface area contributed by atoms with Crippen molar-refractivity contribution in [2.75, 3.05) is 26.4 Å². The SMILES string of the molecule is CCCOC1C(Cl)CC1OCC1CCOCC1. The van der Waals surface area contributed by atoms with Crippen LogP contribution in [0.2, 0.25) is 0 Å². The van der Waals surface area contributed by atoms with Gasteiger partial charge < -0.3 is 14.2 Å². The van der Waals surface area contributed by atoms with Crippen molar-refractivity contribution in [2.45, 2.75) is 50.2 Å². The van der Waals surface area contributed by atoms with E-state index in [0.717, 1.165) is 52.1 Å². The molecule has 3 unspecified atom stereocenters. The first kappa shape index (κ1) is 13.6. The van der Waals surface area contributed by atoms with Crippen molar-refractivity contribution in [1.29, 1.82) is 0 Å². The first-order chi connectivity index (χ1) is 8.31. The zero-order chi connectivity index (χ0) is 12.1. The van der Waals surface area contributed by atoms with Crippen LogP contribution >= 0.6 is 11.6 Å². The summed E-state index contributed by atoms with van der Waals surface area (Å²) in [5, 5.41) is 0.140. The first-order valence-corrected chi connectivity index (χ1v) is 7.20. The minimum atomic E-state index is 0.108. The monoisotopic (exact) mass is 262 g/mol. The van der Waals surface area contributed by atoms with Gasteiger partial charge in [-0.25, -0.2) is 0 Å². The van der Waals surface area contributed by atoms with Crippen LogP contribution in [-0.4, -0.2) is 44.0 Å². The molecule has 1 saturated heterocycles. The zero-order valence-electron chi connectivity index (χ0n) is 10.6. The molecule has 0 amide bonds. The lowest BCUT2D eigenvalue weighted by Crippen LogP contribution is -2.51. The van der Waals surface area contributed by atoms with E-state index < -0.39 is 0 Å². The molecule has 2 rings (SSSR count). The second-order valence-electron chi connectivity index (χ2n) is 5.01.